The van der Waals surface area contributed by atoms with Crippen LogP contribution in [0.5, 0.6) is 0 Å². The van der Waals surface area contributed by atoms with Crippen LogP contribution in [0, 0.1) is 5.92 Å². The van der Waals surface area contributed by atoms with Gasteiger partial charge in [-0.15, -0.1) is 0 Å². The van der Waals surface area contributed by atoms with E-state index in [1.165, 1.54) is 21.0 Å². The second-order valence-electron chi connectivity index (χ2n) is 5.61. The number of benzene rings is 1. The molecule has 5 heteroatoms. The van der Waals surface area contributed by atoms with Crippen LogP contribution in [0.1, 0.15) is 50.8 Å². The molecule has 0 radical (unpaired) electrons. The van der Waals surface area contributed by atoms with Crippen LogP contribution >= 0.6 is 0 Å². The van der Waals surface area contributed by atoms with Crippen LogP contribution in [0.3, 0.4) is 0 Å². The van der Waals surface area contributed by atoms with Gasteiger partial charge in [-0.2, -0.15) is 0 Å². The van der Waals surface area contributed by atoms with Gasteiger partial charge in [-0.05, 0) is 24.0 Å². The zero-order chi connectivity index (χ0) is 16.9. The molecule has 0 aliphatic carbocycles. The van der Waals surface area contributed by atoms with Crippen LogP contribution in [0.4, 0.5) is 0 Å². The summed E-state index contributed by atoms with van der Waals surface area (Å²) in [6, 6.07) is 6.79. The maximum absolute atomic E-state index is 11.9. The summed E-state index contributed by atoms with van der Waals surface area (Å²) in [5, 5.41) is 2.68. The number of hydrogen-bond donors (Lipinski definition) is 1. The fraction of sp³-hybridized carbons (Fsp3) is 0.471. The lowest BCUT2D eigenvalue weighted by Crippen LogP contribution is -2.39. The van der Waals surface area contributed by atoms with E-state index in [4.69, 9.17) is 4.74 Å². The second-order valence-corrected chi connectivity index (χ2v) is 5.61. The Labute approximate surface area is 131 Å². The van der Waals surface area contributed by atoms with E-state index in [9.17, 15) is 14.4 Å². The predicted octanol–water partition coefficient (Wildman–Crippen LogP) is 2.37. The summed E-state index contributed by atoms with van der Waals surface area (Å²) in [5.41, 5.74) is 1.84. The van der Waals surface area contributed by atoms with E-state index >= 15 is 0 Å². The minimum atomic E-state index is -1.06. The second kappa shape index (κ2) is 7.73. The van der Waals surface area contributed by atoms with E-state index in [0.717, 1.165) is 5.56 Å². The summed E-state index contributed by atoms with van der Waals surface area (Å²) in [6.45, 7) is 6.82. The van der Waals surface area contributed by atoms with E-state index in [2.05, 4.69) is 19.2 Å². The number of carbonyl (C=O) groups is 3. The highest BCUT2D eigenvalue weighted by molar-refractivity contribution is 5.99. The van der Waals surface area contributed by atoms with Crippen molar-refractivity contribution in [3.8, 4) is 0 Å². The molecule has 1 rings (SSSR count). The fourth-order valence-corrected chi connectivity index (χ4v) is 2.33. The van der Waals surface area contributed by atoms with Crippen molar-refractivity contribution in [1.29, 1.82) is 0 Å². The number of Topliss-reactive ketones (excluding diaryl/α,β-unsaturated/α-hetero) is 1. The molecule has 0 aliphatic heterocycles. The van der Waals surface area contributed by atoms with Gasteiger partial charge in [0.2, 0.25) is 5.91 Å². The average molecular weight is 305 g/mol. The molecule has 22 heavy (non-hydrogen) atoms. The first-order valence-electron chi connectivity index (χ1n) is 7.23. The number of amides is 1. The van der Waals surface area contributed by atoms with E-state index in [-0.39, 0.29) is 11.7 Å². The molecule has 0 spiro atoms. The Hall–Kier alpha value is -2.17. The summed E-state index contributed by atoms with van der Waals surface area (Å²) < 4.78 is 4.71. The van der Waals surface area contributed by atoms with Gasteiger partial charge in [0.05, 0.1) is 13.2 Å². The number of nitrogens with one attached hydrogen (secondary N) is 1. The third-order valence-corrected chi connectivity index (χ3v) is 3.55. The zero-order valence-corrected chi connectivity index (χ0v) is 13.7. The third-order valence-electron chi connectivity index (χ3n) is 3.55. The van der Waals surface area contributed by atoms with Gasteiger partial charge in [-0.3, -0.25) is 14.4 Å². The maximum atomic E-state index is 11.9. The summed E-state index contributed by atoms with van der Waals surface area (Å²) in [5.74, 6) is -2.00. The molecular formula is C17H23NO4. The number of rotatable bonds is 6. The molecule has 1 N–H and O–H groups in total. The molecule has 0 aromatic heterocycles. The van der Waals surface area contributed by atoms with Gasteiger partial charge < -0.3 is 10.1 Å². The van der Waals surface area contributed by atoms with Gasteiger partial charge >= 0.3 is 5.97 Å². The minimum absolute atomic E-state index is 0.312. The van der Waals surface area contributed by atoms with E-state index < -0.39 is 17.9 Å². The molecule has 0 saturated carbocycles. The molecule has 1 aromatic rings. The average Bonchev–Trinajstić information content (AvgIpc) is 2.45. The van der Waals surface area contributed by atoms with Crippen LogP contribution < -0.4 is 5.32 Å². The van der Waals surface area contributed by atoms with Gasteiger partial charge in [0.25, 0.3) is 0 Å². The van der Waals surface area contributed by atoms with Crippen molar-refractivity contribution in [3.05, 3.63) is 35.4 Å². The fourth-order valence-electron chi connectivity index (χ4n) is 2.33. The first-order chi connectivity index (χ1) is 10.3. The summed E-state index contributed by atoms with van der Waals surface area (Å²) in [4.78, 5) is 35.3. The predicted molar refractivity (Wildman–Crippen MR) is 83.3 cm³/mol. The number of ether oxygens (including phenoxy) is 1. The summed E-state index contributed by atoms with van der Waals surface area (Å²) >= 11 is 0. The van der Waals surface area contributed by atoms with Crippen molar-refractivity contribution in [1.82, 2.24) is 5.32 Å². The van der Waals surface area contributed by atoms with Crippen molar-refractivity contribution in [2.24, 2.45) is 5.92 Å². The lowest BCUT2D eigenvalue weighted by atomic mass is 9.88. The lowest BCUT2D eigenvalue weighted by molar-refractivity contribution is -0.150. The number of methoxy groups -OCH3 is 1. The Balaban J connectivity index is 3.23. The highest BCUT2D eigenvalue weighted by atomic mass is 16.5. The quantitative estimate of drug-likeness (QED) is 0.647. The molecular weight excluding hydrogens is 282 g/mol. The summed E-state index contributed by atoms with van der Waals surface area (Å²) in [6.07, 6.45) is 0. The first-order valence-corrected chi connectivity index (χ1v) is 7.23. The smallest absolute Gasteiger partial charge is 0.318 e. The highest BCUT2D eigenvalue weighted by Gasteiger charge is 2.35. The molecule has 1 amide bonds. The lowest BCUT2D eigenvalue weighted by Gasteiger charge is -2.24. The molecule has 5 nitrogen and oxygen atoms in total. The minimum Gasteiger partial charge on any atom is -0.468 e. The van der Waals surface area contributed by atoms with Gasteiger partial charge in [0.1, 0.15) is 11.7 Å². The van der Waals surface area contributed by atoms with E-state index in [1.807, 2.05) is 24.3 Å². The van der Waals surface area contributed by atoms with Crippen LogP contribution in [0.2, 0.25) is 0 Å². The van der Waals surface area contributed by atoms with Gasteiger partial charge in [0, 0.05) is 6.92 Å². The van der Waals surface area contributed by atoms with Crippen LogP contribution in [0.25, 0.3) is 0 Å². The van der Waals surface area contributed by atoms with Crippen LogP contribution in [-0.2, 0) is 19.1 Å². The Bertz CT molecular complexity index is 548. The van der Waals surface area contributed by atoms with Crippen molar-refractivity contribution in [2.45, 2.75) is 39.7 Å². The zero-order valence-electron chi connectivity index (χ0n) is 13.7. The third kappa shape index (κ3) is 4.41. The topological polar surface area (TPSA) is 72.5 Å². The highest BCUT2D eigenvalue weighted by Crippen LogP contribution is 2.26. The molecule has 2 atom stereocenters. The number of carbonyl (C=O) groups excluding carboxylic acids is 3. The Morgan fingerprint density at radius 3 is 1.86 bits per heavy atom. The molecule has 0 unspecified atom stereocenters. The van der Waals surface area contributed by atoms with Crippen LogP contribution in [-0.4, -0.2) is 24.8 Å². The monoisotopic (exact) mass is 305 g/mol. The molecule has 120 valence electrons. The molecule has 0 heterocycles. The van der Waals surface area contributed by atoms with Gasteiger partial charge in [0.15, 0.2) is 0 Å². The Kier molecular flexibility index (Phi) is 6.28. The standard InChI is InChI=1S/C17H23NO4/c1-10(2)13-6-8-14(9-7-13)16(18-12(4)20)15(11(3)19)17(21)22-5/h6-10,15-16H,1-5H3,(H,18,20)/t15-,16+/m0/s1. The molecule has 0 saturated heterocycles. The van der Waals surface area contributed by atoms with E-state index in [1.54, 1.807) is 0 Å². The number of ketones is 1. The summed E-state index contributed by atoms with van der Waals surface area (Å²) in [7, 11) is 1.23. The van der Waals surface area contributed by atoms with Crippen LogP contribution in [0.15, 0.2) is 24.3 Å². The molecule has 1 aromatic carbocycles. The maximum Gasteiger partial charge on any atom is 0.318 e. The van der Waals surface area contributed by atoms with Crippen molar-refractivity contribution >= 4 is 17.7 Å². The van der Waals surface area contributed by atoms with Crippen molar-refractivity contribution in [3.63, 3.8) is 0 Å². The largest absolute Gasteiger partial charge is 0.468 e. The molecule has 0 aliphatic rings. The van der Waals surface area contributed by atoms with Crippen molar-refractivity contribution < 1.29 is 19.1 Å². The van der Waals surface area contributed by atoms with Crippen molar-refractivity contribution in [2.75, 3.05) is 7.11 Å². The first kappa shape index (κ1) is 17.9. The van der Waals surface area contributed by atoms with Gasteiger partial charge in [-0.25, -0.2) is 0 Å². The normalized spacial score (nSPS) is 13.4. The van der Waals surface area contributed by atoms with Gasteiger partial charge in [-0.1, -0.05) is 38.1 Å². The molecule has 0 fully saturated rings. The molecule has 0 bridgehead atoms. The van der Waals surface area contributed by atoms with E-state index in [0.29, 0.717) is 11.5 Å². The Morgan fingerprint density at radius 2 is 1.50 bits per heavy atom. The SMILES string of the molecule is COC(=O)[C@@H](C(C)=O)[C@H](NC(C)=O)c1ccc(C(C)C)cc1. The number of esters is 1. The Morgan fingerprint density at radius 1 is 1.00 bits per heavy atom. The number of hydrogen-bond acceptors (Lipinski definition) is 4.